The molecule has 0 aliphatic heterocycles. The Morgan fingerprint density at radius 2 is 1.69 bits per heavy atom. The Bertz CT molecular complexity index is 510. The molecule has 16 heavy (non-hydrogen) atoms. The summed E-state index contributed by atoms with van der Waals surface area (Å²) in [5.41, 5.74) is 0.0314. The minimum absolute atomic E-state index is 0.0314. The Morgan fingerprint density at radius 3 is 2.12 bits per heavy atom. The summed E-state index contributed by atoms with van der Waals surface area (Å²) in [5.74, 6) is -3.76. The molecule has 0 saturated carbocycles. The van der Waals surface area contributed by atoms with Gasteiger partial charge in [0.25, 0.3) is 0 Å². The molecule has 84 valence electrons. The lowest BCUT2D eigenvalue weighted by atomic mass is 10.3. The van der Waals surface area contributed by atoms with E-state index in [1.807, 2.05) is 0 Å². The van der Waals surface area contributed by atoms with Crippen LogP contribution in [0.2, 0.25) is 5.28 Å². The molecule has 1 aromatic heterocycles. The fourth-order valence-corrected chi connectivity index (χ4v) is 1.56. The molecule has 2 aromatic rings. The highest BCUT2D eigenvalue weighted by Crippen LogP contribution is 2.20. The van der Waals surface area contributed by atoms with Crippen molar-refractivity contribution in [1.82, 2.24) is 14.8 Å². The van der Waals surface area contributed by atoms with Gasteiger partial charge in [-0.25, -0.2) is 13.2 Å². The second kappa shape index (κ2) is 3.79. The SMILES string of the molecule is Cc1nnc(Cl)n1-c1cc(F)c(F)c(F)c1. The number of hydrogen-bond donors (Lipinski definition) is 0. The van der Waals surface area contributed by atoms with E-state index in [1.165, 1.54) is 4.57 Å². The summed E-state index contributed by atoms with van der Waals surface area (Å²) in [7, 11) is 0. The summed E-state index contributed by atoms with van der Waals surface area (Å²) in [6, 6.07) is 1.64. The summed E-state index contributed by atoms with van der Waals surface area (Å²) in [6.07, 6.45) is 0. The number of aromatic nitrogens is 3. The van der Waals surface area contributed by atoms with E-state index >= 15 is 0 Å². The molecule has 0 aliphatic rings. The lowest BCUT2D eigenvalue weighted by Crippen LogP contribution is -2.01. The molecule has 0 N–H and O–H groups in total. The second-order valence-corrected chi connectivity index (χ2v) is 3.41. The van der Waals surface area contributed by atoms with Gasteiger partial charge in [-0.05, 0) is 18.5 Å². The van der Waals surface area contributed by atoms with Crippen molar-refractivity contribution in [3.63, 3.8) is 0 Å². The third kappa shape index (κ3) is 1.65. The molecule has 0 spiro atoms. The molecule has 0 atom stereocenters. The van der Waals surface area contributed by atoms with E-state index in [1.54, 1.807) is 6.92 Å². The van der Waals surface area contributed by atoms with Crippen molar-refractivity contribution in [2.24, 2.45) is 0 Å². The van der Waals surface area contributed by atoms with Gasteiger partial charge < -0.3 is 0 Å². The maximum absolute atomic E-state index is 13.0. The van der Waals surface area contributed by atoms with Gasteiger partial charge in [-0.15, -0.1) is 10.2 Å². The lowest BCUT2D eigenvalue weighted by Gasteiger charge is -2.06. The first-order valence-electron chi connectivity index (χ1n) is 4.23. The van der Waals surface area contributed by atoms with E-state index in [0.717, 1.165) is 12.1 Å². The van der Waals surface area contributed by atoms with Crippen molar-refractivity contribution < 1.29 is 13.2 Å². The minimum atomic E-state index is -1.52. The Kier molecular flexibility index (Phi) is 2.59. The van der Waals surface area contributed by atoms with Crippen LogP contribution in [-0.2, 0) is 0 Å². The van der Waals surface area contributed by atoms with Gasteiger partial charge in [0.1, 0.15) is 5.82 Å². The Morgan fingerprint density at radius 1 is 1.12 bits per heavy atom. The smallest absolute Gasteiger partial charge is 0.229 e. The predicted molar refractivity (Wildman–Crippen MR) is 51.0 cm³/mol. The lowest BCUT2D eigenvalue weighted by molar-refractivity contribution is 0.446. The van der Waals surface area contributed by atoms with Crippen molar-refractivity contribution in [1.29, 1.82) is 0 Å². The van der Waals surface area contributed by atoms with Gasteiger partial charge in [0, 0.05) is 12.1 Å². The zero-order valence-electron chi connectivity index (χ0n) is 8.01. The minimum Gasteiger partial charge on any atom is -0.270 e. The average Bonchev–Trinajstić information content (AvgIpc) is 2.54. The molecular formula is C9H5ClF3N3. The molecule has 1 aromatic carbocycles. The van der Waals surface area contributed by atoms with Crippen molar-refractivity contribution in [3.05, 3.63) is 40.7 Å². The van der Waals surface area contributed by atoms with Crippen LogP contribution in [-0.4, -0.2) is 14.8 Å². The van der Waals surface area contributed by atoms with Gasteiger partial charge in [0.2, 0.25) is 5.28 Å². The number of hydrogen-bond acceptors (Lipinski definition) is 2. The van der Waals surface area contributed by atoms with E-state index in [4.69, 9.17) is 11.6 Å². The molecule has 0 bridgehead atoms. The first kappa shape index (κ1) is 10.9. The van der Waals surface area contributed by atoms with Crippen LogP contribution in [0.3, 0.4) is 0 Å². The van der Waals surface area contributed by atoms with Crippen molar-refractivity contribution in [2.75, 3.05) is 0 Å². The van der Waals surface area contributed by atoms with Gasteiger partial charge in [-0.2, -0.15) is 0 Å². The first-order valence-corrected chi connectivity index (χ1v) is 4.61. The Balaban J connectivity index is 2.66. The quantitative estimate of drug-likeness (QED) is 0.726. The monoisotopic (exact) mass is 247 g/mol. The molecule has 7 heteroatoms. The van der Waals surface area contributed by atoms with E-state index in [0.29, 0.717) is 5.82 Å². The number of nitrogens with zero attached hydrogens (tertiary/aromatic N) is 3. The van der Waals surface area contributed by atoms with Gasteiger partial charge in [0.15, 0.2) is 17.5 Å². The average molecular weight is 248 g/mol. The van der Waals surface area contributed by atoms with Crippen LogP contribution in [0, 0.1) is 24.4 Å². The fraction of sp³-hybridized carbons (Fsp3) is 0.111. The summed E-state index contributed by atoms with van der Waals surface area (Å²) >= 11 is 5.67. The molecule has 3 nitrogen and oxygen atoms in total. The van der Waals surface area contributed by atoms with Crippen molar-refractivity contribution in [2.45, 2.75) is 6.92 Å². The van der Waals surface area contributed by atoms with E-state index < -0.39 is 17.5 Å². The molecular weight excluding hydrogens is 243 g/mol. The third-order valence-corrected chi connectivity index (χ3v) is 2.26. The fourth-order valence-electron chi connectivity index (χ4n) is 1.30. The molecule has 0 radical (unpaired) electrons. The summed E-state index contributed by atoms with van der Waals surface area (Å²) in [5, 5.41) is 7.08. The highest BCUT2D eigenvalue weighted by Gasteiger charge is 2.15. The normalized spacial score (nSPS) is 10.8. The van der Waals surface area contributed by atoms with Gasteiger partial charge in [-0.3, -0.25) is 4.57 Å². The van der Waals surface area contributed by atoms with Gasteiger partial charge >= 0.3 is 0 Å². The largest absolute Gasteiger partial charge is 0.270 e. The number of halogens is 4. The van der Waals surface area contributed by atoms with Crippen molar-refractivity contribution in [3.8, 4) is 5.69 Å². The zero-order valence-corrected chi connectivity index (χ0v) is 8.76. The number of aryl methyl sites for hydroxylation is 1. The summed E-state index contributed by atoms with van der Waals surface area (Å²) < 4.78 is 39.9. The molecule has 1 heterocycles. The van der Waals surface area contributed by atoms with Gasteiger partial charge in [-0.1, -0.05) is 0 Å². The first-order chi connectivity index (χ1) is 7.50. The van der Waals surface area contributed by atoms with Crippen molar-refractivity contribution >= 4 is 11.6 Å². The summed E-state index contributed by atoms with van der Waals surface area (Å²) in [6.45, 7) is 1.55. The van der Waals surface area contributed by atoms with E-state index in [-0.39, 0.29) is 11.0 Å². The topological polar surface area (TPSA) is 30.7 Å². The van der Waals surface area contributed by atoms with Crippen LogP contribution in [0.4, 0.5) is 13.2 Å². The van der Waals surface area contributed by atoms with Crippen LogP contribution >= 0.6 is 11.6 Å². The Labute approximate surface area is 93.5 Å². The second-order valence-electron chi connectivity index (χ2n) is 3.08. The molecule has 0 unspecified atom stereocenters. The number of rotatable bonds is 1. The Hall–Kier alpha value is -1.56. The maximum Gasteiger partial charge on any atom is 0.229 e. The molecule has 0 aliphatic carbocycles. The molecule has 0 saturated heterocycles. The van der Waals surface area contributed by atoms with Gasteiger partial charge in [0.05, 0.1) is 5.69 Å². The highest BCUT2D eigenvalue weighted by atomic mass is 35.5. The molecule has 0 fully saturated rings. The van der Waals surface area contributed by atoms with Crippen LogP contribution in [0.15, 0.2) is 12.1 Å². The predicted octanol–water partition coefficient (Wildman–Crippen LogP) is 2.65. The zero-order chi connectivity index (χ0) is 11.9. The maximum atomic E-state index is 13.0. The number of benzene rings is 1. The molecule has 0 amide bonds. The highest BCUT2D eigenvalue weighted by molar-refractivity contribution is 6.28. The third-order valence-electron chi connectivity index (χ3n) is 2.01. The van der Waals surface area contributed by atoms with Crippen LogP contribution in [0.25, 0.3) is 5.69 Å². The van der Waals surface area contributed by atoms with Crippen LogP contribution in [0.5, 0.6) is 0 Å². The molecule has 2 rings (SSSR count). The summed E-state index contributed by atoms with van der Waals surface area (Å²) in [4.78, 5) is 0. The van der Waals surface area contributed by atoms with E-state index in [2.05, 4.69) is 10.2 Å². The standard InChI is InChI=1S/C9H5ClF3N3/c1-4-14-15-9(10)16(4)5-2-6(11)8(13)7(12)3-5/h2-3H,1H3. The van der Waals surface area contributed by atoms with Crippen LogP contribution < -0.4 is 0 Å². The van der Waals surface area contributed by atoms with Crippen LogP contribution in [0.1, 0.15) is 5.82 Å². The van der Waals surface area contributed by atoms with E-state index in [9.17, 15) is 13.2 Å².